The summed E-state index contributed by atoms with van der Waals surface area (Å²) in [4.78, 5) is 2.56. The van der Waals surface area contributed by atoms with Crippen molar-refractivity contribution in [1.82, 2.24) is 14.7 Å². The maximum Gasteiger partial charge on any atom is 0.135 e. The molecule has 2 fully saturated rings. The van der Waals surface area contributed by atoms with Crippen molar-refractivity contribution in [2.75, 3.05) is 33.4 Å². The van der Waals surface area contributed by atoms with Gasteiger partial charge in [0.2, 0.25) is 0 Å². The van der Waals surface area contributed by atoms with E-state index in [2.05, 4.69) is 37.8 Å². The highest BCUT2D eigenvalue weighted by Gasteiger charge is 2.30. The summed E-state index contributed by atoms with van der Waals surface area (Å²) in [6, 6.07) is 5.22. The predicted molar refractivity (Wildman–Crippen MR) is 88.4 cm³/mol. The van der Waals surface area contributed by atoms with Crippen LogP contribution in [-0.4, -0.2) is 54.1 Å². The van der Waals surface area contributed by atoms with Crippen molar-refractivity contribution in [3.63, 3.8) is 0 Å². The molecule has 0 bridgehead atoms. The van der Waals surface area contributed by atoms with Gasteiger partial charge in [0.25, 0.3) is 0 Å². The fraction of sp³-hybridized carbons (Fsp3) is 0.562. The Hall–Kier alpha value is -1.11. The minimum absolute atomic E-state index is 0.495. The number of hydrogen-bond acceptors (Lipinski definition) is 4. The minimum atomic E-state index is 0.495. The van der Waals surface area contributed by atoms with Crippen LogP contribution in [0.3, 0.4) is 0 Å². The van der Waals surface area contributed by atoms with Gasteiger partial charge in [0.1, 0.15) is 5.75 Å². The molecular formula is C16H20BrN3O2. The highest BCUT2D eigenvalue weighted by atomic mass is 79.9. The summed E-state index contributed by atoms with van der Waals surface area (Å²) in [6.45, 7) is 4.10. The van der Waals surface area contributed by atoms with Gasteiger partial charge in [-0.2, -0.15) is 5.10 Å². The number of halogens is 1. The first-order chi connectivity index (χ1) is 10.7. The van der Waals surface area contributed by atoms with Gasteiger partial charge in [-0.25, -0.2) is 0 Å². The molecule has 0 amide bonds. The molecule has 0 spiro atoms. The van der Waals surface area contributed by atoms with Crippen LogP contribution in [-0.2, 0) is 4.74 Å². The van der Waals surface area contributed by atoms with Crippen LogP contribution >= 0.6 is 15.9 Å². The zero-order chi connectivity index (χ0) is 15.1. The third kappa shape index (κ3) is 2.53. The number of fused-ring (bicyclic) bond motifs is 1. The Morgan fingerprint density at radius 2 is 2.00 bits per heavy atom. The maximum atomic E-state index is 5.35. The highest BCUT2D eigenvalue weighted by Crippen LogP contribution is 2.32. The fourth-order valence-electron chi connectivity index (χ4n) is 3.34. The van der Waals surface area contributed by atoms with Crippen LogP contribution in [0.2, 0.25) is 0 Å². The van der Waals surface area contributed by atoms with Gasteiger partial charge in [0.15, 0.2) is 0 Å². The van der Waals surface area contributed by atoms with Gasteiger partial charge in [-0.15, -0.1) is 0 Å². The van der Waals surface area contributed by atoms with Crippen molar-refractivity contribution in [2.45, 2.75) is 24.9 Å². The van der Waals surface area contributed by atoms with Gasteiger partial charge >= 0.3 is 0 Å². The van der Waals surface area contributed by atoms with Gasteiger partial charge in [-0.3, -0.25) is 9.58 Å². The van der Waals surface area contributed by atoms with Gasteiger partial charge < -0.3 is 9.47 Å². The number of ether oxygens (including phenoxy) is 2. The Morgan fingerprint density at radius 1 is 1.23 bits per heavy atom. The van der Waals surface area contributed by atoms with Crippen molar-refractivity contribution in [2.24, 2.45) is 0 Å². The number of hydrogen-bond donors (Lipinski definition) is 0. The molecule has 0 unspecified atom stereocenters. The molecule has 2 aliphatic rings. The first-order valence-electron chi connectivity index (χ1n) is 7.79. The molecule has 0 radical (unpaired) electrons. The van der Waals surface area contributed by atoms with Crippen molar-refractivity contribution >= 4 is 26.8 Å². The summed E-state index contributed by atoms with van der Waals surface area (Å²) in [6.07, 6.45) is 4.47. The average molecular weight is 366 g/mol. The second-order valence-corrected chi connectivity index (χ2v) is 6.97. The quantitative estimate of drug-likeness (QED) is 0.838. The standard InChI is InChI=1S/C16H20BrN3O2/c1-21-16-7-15-11(6-14(16)17)8-20(18-15)12-2-4-19(5-3-12)13-9-22-10-13/h6-8,12-13H,2-5,9-10H2,1H3. The van der Waals surface area contributed by atoms with Crippen molar-refractivity contribution in [3.8, 4) is 5.75 Å². The third-order valence-corrected chi connectivity index (χ3v) is 5.43. The largest absolute Gasteiger partial charge is 0.495 e. The molecular weight excluding hydrogens is 346 g/mol. The maximum absolute atomic E-state index is 5.35. The van der Waals surface area contributed by atoms with E-state index in [1.165, 1.54) is 0 Å². The minimum Gasteiger partial charge on any atom is -0.495 e. The van der Waals surface area contributed by atoms with Crippen LogP contribution in [0.15, 0.2) is 22.8 Å². The lowest BCUT2D eigenvalue weighted by atomic mass is 10.0. The normalized spacial score (nSPS) is 21.2. The molecule has 1 aromatic heterocycles. The molecule has 2 aliphatic heterocycles. The lowest BCUT2D eigenvalue weighted by Gasteiger charge is -2.41. The zero-order valence-corrected chi connectivity index (χ0v) is 14.3. The van der Waals surface area contributed by atoms with E-state index in [4.69, 9.17) is 14.6 Å². The molecule has 118 valence electrons. The summed E-state index contributed by atoms with van der Waals surface area (Å²) in [7, 11) is 1.68. The first kappa shape index (κ1) is 14.5. The molecule has 0 aliphatic carbocycles. The predicted octanol–water partition coefficient (Wildman–Crippen LogP) is 2.84. The van der Waals surface area contributed by atoms with E-state index in [1.54, 1.807) is 7.11 Å². The molecule has 3 heterocycles. The summed E-state index contributed by atoms with van der Waals surface area (Å²) in [5, 5.41) is 5.92. The van der Waals surface area contributed by atoms with E-state index >= 15 is 0 Å². The van der Waals surface area contributed by atoms with E-state index in [0.29, 0.717) is 12.1 Å². The molecule has 22 heavy (non-hydrogen) atoms. The summed E-state index contributed by atoms with van der Waals surface area (Å²) in [5.74, 6) is 0.831. The van der Waals surface area contributed by atoms with E-state index in [-0.39, 0.29) is 0 Å². The Labute approximate surface area is 138 Å². The van der Waals surface area contributed by atoms with Crippen LogP contribution < -0.4 is 4.74 Å². The number of benzene rings is 1. The second kappa shape index (κ2) is 5.83. The molecule has 5 nitrogen and oxygen atoms in total. The number of nitrogens with zero attached hydrogens (tertiary/aromatic N) is 3. The third-order valence-electron chi connectivity index (χ3n) is 4.81. The Kier molecular flexibility index (Phi) is 3.84. The van der Waals surface area contributed by atoms with Gasteiger partial charge in [0, 0.05) is 30.7 Å². The van der Waals surface area contributed by atoms with Crippen LogP contribution in [0.5, 0.6) is 5.75 Å². The Bertz CT molecular complexity index is 675. The molecule has 0 atom stereocenters. The van der Waals surface area contributed by atoms with Crippen molar-refractivity contribution in [3.05, 3.63) is 22.8 Å². The molecule has 2 saturated heterocycles. The summed E-state index contributed by atoms with van der Waals surface area (Å²) < 4.78 is 13.8. The number of piperidine rings is 1. The number of methoxy groups -OCH3 is 1. The lowest BCUT2D eigenvalue weighted by Crippen LogP contribution is -2.51. The average Bonchev–Trinajstić information content (AvgIpc) is 2.88. The zero-order valence-electron chi connectivity index (χ0n) is 12.7. The van der Waals surface area contributed by atoms with Crippen LogP contribution in [0.4, 0.5) is 0 Å². The molecule has 1 aromatic carbocycles. The Morgan fingerprint density at radius 3 is 2.64 bits per heavy atom. The summed E-state index contributed by atoms with van der Waals surface area (Å²) >= 11 is 3.54. The van der Waals surface area contributed by atoms with E-state index in [9.17, 15) is 0 Å². The molecule has 0 saturated carbocycles. The van der Waals surface area contributed by atoms with E-state index in [1.807, 2.05) is 6.07 Å². The highest BCUT2D eigenvalue weighted by molar-refractivity contribution is 9.10. The van der Waals surface area contributed by atoms with Crippen LogP contribution in [0.1, 0.15) is 18.9 Å². The number of likely N-dealkylation sites (tertiary alicyclic amines) is 1. The van der Waals surface area contributed by atoms with Gasteiger partial charge in [-0.05, 0) is 34.8 Å². The van der Waals surface area contributed by atoms with Crippen molar-refractivity contribution in [1.29, 1.82) is 0 Å². The monoisotopic (exact) mass is 365 g/mol. The van der Waals surface area contributed by atoms with Gasteiger partial charge in [-0.1, -0.05) is 0 Å². The van der Waals surface area contributed by atoms with E-state index < -0.39 is 0 Å². The molecule has 0 N–H and O–H groups in total. The number of rotatable bonds is 3. The van der Waals surface area contributed by atoms with Crippen LogP contribution in [0, 0.1) is 0 Å². The SMILES string of the molecule is COc1cc2nn(C3CCN(C4COC4)CC3)cc2cc1Br. The fourth-order valence-corrected chi connectivity index (χ4v) is 3.86. The Balaban J connectivity index is 1.52. The topological polar surface area (TPSA) is 39.5 Å². The van der Waals surface area contributed by atoms with E-state index in [0.717, 1.165) is 60.3 Å². The molecule has 6 heteroatoms. The summed E-state index contributed by atoms with van der Waals surface area (Å²) in [5.41, 5.74) is 0.995. The van der Waals surface area contributed by atoms with Crippen molar-refractivity contribution < 1.29 is 9.47 Å². The number of aromatic nitrogens is 2. The smallest absolute Gasteiger partial charge is 0.135 e. The molecule has 2 aromatic rings. The first-order valence-corrected chi connectivity index (χ1v) is 8.58. The van der Waals surface area contributed by atoms with Gasteiger partial charge in [0.05, 0.1) is 42.4 Å². The second-order valence-electron chi connectivity index (χ2n) is 6.11. The molecule has 4 rings (SSSR count). The lowest BCUT2D eigenvalue weighted by molar-refractivity contribution is -0.0734. The van der Waals surface area contributed by atoms with Crippen LogP contribution in [0.25, 0.3) is 10.9 Å².